The summed E-state index contributed by atoms with van der Waals surface area (Å²) in [5.41, 5.74) is -1.48. The third-order valence-electron chi connectivity index (χ3n) is 5.14. The molecule has 2 unspecified atom stereocenters. The first-order valence-corrected chi connectivity index (χ1v) is 7.40. The maximum Gasteiger partial charge on any atom is 0.317 e. The van der Waals surface area contributed by atoms with Crippen LogP contribution in [0.3, 0.4) is 0 Å². The van der Waals surface area contributed by atoms with Gasteiger partial charge in [-0.05, 0) is 19.9 Å². The van der Waals surface area contributed by atoms with E-state index < -0.39 is 16.9 Å². The first kappa shape index (κ1) is 15.5. The number of amides is 4. The van der Waals surface area contributed by atoms with Gasteiger partial charge in [0.05, 0.1) is 10.8 Å². The monoisotopic (exact) mass is 319 g/mol. The predicted molar refractivity (Wildman–Crippen MR) is 79.6 cm³/mol. The first-order valence-electron chi connectivity index (χ1n) is 7.40. The minimum absolute atomic E-state index is 0.0512. The average Bonchev–Trinajstić information content (AvgIpc) is 2.87. The fourth-order valence-electron chi connectivity index (χ4n) is 3.26. The Morgan fingerprint density at radius 1 is 1.22 bits per heavy atom. The number of urea groups is 1. The lowest BCUT2D eigenvalue weighted by Gasteiger charge is -2.25. The van der Waals surface area contributed by atoms with E-state index in [-0.39, 0.29) is 37.3 Å². The molecule has 2 saturated heterocycles. The fourth-order valence-corrected chi connectivity index (χ4v) is 3.26. The van der Waals surface area contributed by atoms with Crippen molar-refractivity contribution in [1.29, 1.82) is 0 Å². The second kappa shape index (κ2) is 5.04. The largest absolute Gasteiger partial charge is 0.334 e. The summed E-state index contributed by atoms with van der Waals surface area (Å²) in [5, 5.41) is 4.98. The summed E-state index contributed by atoms with van der Waals surface area (Å²) < 4.78 is 13.6. The lowest BCUT2D eigenvalue weighted by Crippen LogP contribution is -2.42. The molecule has 2 heterocycles. The van der Waals surface area contributed by atoms with Gasteiger partial charge in [0, 0.05) is 25.2 Å². The third kappa shape index (κ3) is 2.18. The standard InChI is InChI=1S/C16H18FN3O3/c1-15-8-20(9-16(15,2)13(22)19-12(15)21)14(23)18-7-10-5-3-4-6-11(10)17/h3-6H,7-9H2,1-2H3,(H,18,23)(H,19,21,22). The molecule has 122 valence electrons. The maximum atomic E-state index is 13.6. The van der Waals surface area contributed by atoms with Gasteiger partial charge in [-0.2, -0.15) is 0 Å². The second-order valence-corrected chi connectivity index (χ2v) is 6.55. The number of likely N-dealkylation sites (tertiary alicyclic amines) is 1. The molecule has 23 heavy (non-hydrogen) atoms. The van der Waals surface area contributed by atoms with Gasteiger partial charge >= 0.3 is 6.03 Å². The van der Waals surface area contributed by atoms with Crippen molar-refractivity contribution < 1.29 is 18.8 Å². The van der Waals surface area contributed by atoms with Crippen molar-refractivity contribution in [2.24, 2.45) is 10.8 Å². The molecule has 2 atom stereocenters. The molecule has 1 aromatic rings. The lowest BCUT2D eigenvalue weighted by atomic mass is 9.70. The van der Waals surface area contributed by atoms with Gasteiger partial charge in [-0.25, -0.2) is 9.18 Å². The molecular formula is C16H18FN3O3. The maximum absolute atomic E-state index is 13.6. The van der Waals surface area contributed by atoms with Crippen LogP contribution < -0.4 is 10.6 Å². The number of imide groups is 1. The van der Waals surface area contributed by atoms with Crippen molar-refractivity contribution in [1.82, 2.24) is 15.5 Å². The highest BCUT2D eigenvalue weighted by atomic mass is 19.1. The lowest BCUT2D eigenvalue weighted by molar-refractivity contribution is -0.128. The van der Waals surface area contributed by atoms with Crippen LogP contribution in [0.15, 0.2) is 24.3 Å². The molecule has 2 N–H and O–H groups in total. The normalized spacial score (nSPS) is 29.4. The van der Waals surface area contributed by atoms with Gasteiger partial charge in [-0.15, -0.1) is 0 Å². The topological polar surface area (TPSA) is 78.5 Å². The van der Waals surface area contributed by atoms with Crippen molar-refractivity contribution in [2.75, 3.05) is 13.1 Å². The molecule has 4 amide bonds. The van der Waals surface area contributed by atoms with Crippen LogP contribution >= 0.6 is 0 Å². The summed E-state index contributed by atoms with van der Waals surface area (Å²) in [7, 11) is 0. The van der Waals surface area contributed by atoms with E-state index in [1.165, 1.54) is 11.0 Å². The summed E-state index contributed by atoms with van der Waals surface area (Å²) in [5.74, 6) is -1.09. The van der Waals surface area contributed by atoms with Gasteiger partial charge in [-0.1, -0.05) is 18.2 Å². The number of halogens is 1. The first-order chi connectivity index (χ1) is 10.8. The van der Waals surface area contributed by atoms with E-state index in [1.807, 2.05) is 0 Å². The molecule has 0 radical (unpaired) electrons. The van der Waals surface area contributed by atoms with Crippen LogP contribution in [0.5, 0.6) is 0 Å². The zero-order valence-corrected chi connectivity index (χ0v) is 13.0. The molecule has 2 aliphatic heterocycles. The minimum Gasteiger partial charge on any atom is -0.334 e. The molecule has 6 nitrogen and oxygen atoms in total. The zero-order chi connectivity index (χ0) is 16.8. The molecule has 2 aliphatic rings. The third-order valence-corrected chi connectivity index (χ3v) is 5.14. The van der Waals surface area contributed by atoms with Gasteiger partial charge in [0.15, 0.2) is 0 Å². The van der Waals surface area contributed by atoms with E-state index in [9.17, 15) is 18.8 Å². The number of hydrogen-bond donors (Lipinski definition) is 2. The predicted octanol–water partition coefficient (Wildman–Crippen LogP) is 1.02. The summed E-state index contributed by atoms with van der Waals surface area (Å²) in [6.45, 7) is 3.75. The Morgan fingerprint density at radius 3 is 2.35 bits per heavy atom. The number of rotatable bonds is 2. The number of hydrogen-bond acceptors (Lipinski definition) is 3. The fraction of sp³-hybridized carbons (Fsp3) is 0.438. The van der Waals surface area contributed by atoms with E-state index in [0.717, 1.165) is 0 Å². The van der Waals surface area contributed by atoms with Crippen molar-refractivity contribution in [3.05, 3.63) is 35.6 Å². The molecule has 0 spiro atoms. The van der Waals surface area contributed by atoms with E-state index >= 15 is 0 Å². The van der Waals surface area contributed by atoms with Crippen LogP contribution in [-0.4, -0.2) is 35.8 Å². The van der Waals surface area contributed by atoms with Crippen LogP contribution in [0, 0.1) is 16.6 Å². The highest BCUT2D eigenvalue weighted by Gasteiger charge is 2.66. The molecule has 0 saturated carbocycles. The van der Waals surface area contributed by atoms with Crippen LogP contribution in [-0.2, 0) is 16.1 Å². The summed E-state index contributed by atoms with van der Waals surface area (Å²) in [6, 6.07) is 5.77. The van der Waals surface area contributed by atoms with Gasteiger partial charge in [0.25, 0.3) is 0 Å². The summed E-state index contributed by atoms with van der Waals surface area (Å²) >= 11 is 0. The Bertz CT molecular complexity index is 680. The van der Waals surface area contributed by atoms with Crippen molar-refractivity contribution in [2.45, 2.75) is 20.4 Å². The molecule has 7 heteroatoms. The molecule has 0 aliphatic carbocycles. The van der Waals surface area contributed by atoms with Gasteiger partial charge in [-0.3, -0.25) is 14.9 Å². The second-order valence-electron chi connectivity index (χ2n) is 6.55. The smallest absolute Gasteiger partial charge is 0.317 e. The quantitative estimate of drug-likeness (QED) is 0.799. The van der Waals surface area contributed by atoms with Crippen LogP contribution in [0.1, 0.15) is 19.4 Å². The molecule has 2 fully saturated rings. The van der Waals surface area contributed by atoms with Gasteiger partial charge in [0.1, 0.15) is 5.82 Å². The van der Waals surface area contributed by atoms with Gasteiger partial charge < -0.3 is 10.2 Å². The Morgan fingerprint density at radius 2 is 1.78 bits per heavy atom. The van der Waals surface area contributed by atoms with E-state index in [2.05, 4.69) is 10.6 Å². The number of nitrogens with one attached hydrogen (secondary N) is 2. The van der Waals surface area contributed by atoms with Gasteiger partial charge in [0.2, 0.25) is 11.8 Å². The van der Waals surface area contributed by atoms with E-state index in [1.54, 1.807) is 32.0 Å². The van der Waals surface area contributed by atoms with E-state index in [0.29, 0.717) is 5.56 Å². The minimum atomic E-state index is -0.931. The van der Waals surface area contributed by atoms with Crippen molar-refractivity contribution in [3.8, 4) is 0 Å². The average molecular weight is 319 g/mol. The molecule has 0 aromatic heterocycles. The summed E-state index contributed by atoms with van der Waals surface area (Å²) in [4.78, 5) is 37.8. The zero-order valence-electron chi connectivity index (χ0n) is 13.0. The highest BCUT2D eigenvalue weighted by molar-refractivity contribution is 6.10. The SMILES string of the molecule is CC12CN(C(=O)NCc3ccccc3F)CC1(C)C(=O)NC2=O. The van der Waals surface area contributed by atoms with Crippen molar-refractivity contribution in [3.63, 3.8) is 0 Å². The number of nitrogens with zero attached hydrogens (tertiary/aromatic N) is 1. The van der Waals surface area contributed by atoms with Crippen LogP contribution in [0.25, 0.3) is 0 Å². The number of carbonyl (C=O) groups excluding carboxylic acids is 3. The Balaban J connectivity index is 1.70. The summed E-state index contributed by atoms with van der Waals surface area (Å²) in [6.07, 6.45) is 0. The number of carbonyl (C=O) groups is 3. The molecule has 3 rings (SSSR count). The molecule has 1 aromatic carbocycles. The molecular weight excluding hydrogens is 301 g/mol. The number of fused-ring (bicyclic) bond motifs is 1. The van der Waals surface area contributed by atoms with Crippen molar-refractivity contribution >= 4 is 17.8 Å². The Kier molecular flexibility index (Phi) is 3.39. The Hall–Kier alpha value is -2.44. The van der Waals surface area contributed by atoms with E-state index in [4.69, 9.17) is 0 Å². The highest BCUT2D eigenvalue weighted by Crippen LogP contribution is 2.49. The van der Waals surface area contributed by atoms with Crippen LogP contribution in [0.2, 0.25) is 0 Å². The van der Waals surface area contributed by atoms with Crippen LogP contribution in [0.4, 0.5) is 9.18 Å². The Labute approximate surface area is 133 Å². The molecule has 0 bridgehead atoms. The number of benzene rings is 1.